The highest BCUT2D eigenvalue weighted by Crippen LogP contribution is 2.40. The Bertz CT molecular complexity index is 642. The monoisotopic (exact) mass is 352 g/mol. The van der Waals surface area contributed by atoms with Gasteiger partial charge in [0.25, 0.3) is 0 Å². The quantitative estimate of drug-likeness (QED) is 0.918. The number of aryl methyl sites for hydroxylation is 1. The van der Waals surface area contributed by atoms with Crippen LogP contribution in [0.5, 0.6) is 11.5 Å². The number of aliphatic hydroxyl groups is 1. The van der Waals surface area contributed by atoms with Crippen molar-refractivity contribution in [2.24, 2.45) is 0 Å². The van der Waals surface area contributed by atoms with E-state index in [4.69, 9.17) is 9.47 Å². The fourth-order valence-corrected chi connectivity index (χ4v) is 3.01. The third-order valence-electron chi connectivity index (χ3n) is 3.52. The number of imidazole rings is 1. The zero-order valence-electron chi connectivity index (χ0n) is 11.8. The fraction of sp³-hybridized carbons (Fsp3) is 0.400. The molecule has 21 heavy (non-hydrogen) atoms. The lowest BCUT2D eigenvalue weighted by Crippen LogP contribution is -2.16. The van der Waals surface area contributed by atoms with Gasteiger partial charge < -0.3 is 19.1 Å². The first-order valence-electron chi connectivity index (χ1n) is 6.96. The second kappa shape index (κ2) is 6.07. The van der Waals surface area contributed by atoms with Gasteiger partial charge in [-0.3, -0.25) is 0 Å². The lowest BCUT2D eigenvalue weighted by molar-refractivity contribution is 0.162. The minimum absolute atomic E-state index is 0.465. The van der Waals surface area contributed by atoms with Gasteiger partial charge in [0.15, 0.2) is 11.5 Å². The zero-order chi connectivity index (χ0) is 14.8. The van der Waals surface area contributed by atoms with Crippen molar-refractivity contribution in [1.29, 1.82) is 0 Å². The zero-order valence-corrected chi connectivity index (χ0v) is 13.3. The molecule has 1 N–H and O–H groups in total. The van der Waals surface area contributed by atoms with E-state index >= 15 is 0 Å². The van der Waals surface area contributed by atoms with E-state index < -0.39 is 6.10 Å². The third-order valence-corrected chi connectivity index (χ3v) is 4.11. The topological polar surface area (TPSA) is 56.5 Å². The number of nitrogens with zero attached hydrogens (tertiary/aromatic N) is 2. The average molecular weight is 353 g/mol. The SMILES string of the molecule is CCn1ccnc1CC(O)c1cc(Br)c2c(c1)OCCO2. The van der Waals surface area contributed by atoms with Gasteiger partial charge >= 0.3 is 0 Å². The number of hydrogen-bond acceptors (Lipinski definition) is 4. The molecule has 6 heteroatoms. The van der Waals surface area contributed by atoms with Gasteiger partial charge in [-0.2, -0.15) is 0 Å². The Morgan fingerprint density at radius 3 is 3.00 bits per heavy atom. The van der Waals surface area contributed by atoms with Crippen molar-refractivity contribution in [2.75, 3.05) is 13.2 Å². The van der Waals surface area contributed by atoms with Gasteiger partial charge in [-0.1, -0.05) is 0 Å². The van der Waals surface area contributed by atoms with Gasteiger partial charge in [0.2, 0.25) is 0 Å². The summed E-state index contributed by atoms with van der Waals surface area (Å²) in [5, 5.41) is 10.5. The summed E-state index contributed by atoms with van der Waals surface area (Å²) < 4.78 is 14.0. The summed E-state index contributed by atoms with van der Waals surface area (Å²) in [4.78, 5) is 4.30. The molecule has 5 nitrogen and oxygen atoms in total. The van der Waals surface area contributed by atoms with E-state index in [1.807, 2.05) is 22.9 Å². The molecule has 0 spiro atoms. The van der Waals surface area contributed by atoms with Crippen molar-refractivity contribution in [3.8, 4) is 11.5 Å². The smallest absolute Gasteiger partial charge is 0.175 e. The standard InChI is InChI=1S/C15H17BrN2O3/c1-2-18-4-3-17-14(18)9-12(19)10-7-11(16)15-13(8-10)20-5-6-21-15/h3-4,7-8,12,19H,2,5-6,9H2,1H3. The third kappa shape index (κ3) is 2.91. The highest BCUT2D eigenvalue weighted by Gasteiger charge is 2.20. The second-order valence-electron chi connectivity index (χ2n) is 4.88. The Hall–Kier alpha value is -1.53. The maximum absolute atomic E-state index is 10.5. The molecule has 1 aliphatic heterocycles. The molecule has 1 atom stereocenters. The van der Waals surface area contributed by atoms with E-state index in [2.05, 4.69) is 27.8 Å². The normalized spacial score (nSPS) is 15.0. The average Bonchev–Trinajstić information content (AvgIpc) is 2.94. The molecule has 0 aliphatic carbocycles. The molecule has 112 valence electrons. The molecular formula is C15H17BrN2O3. The van der Waals surface area contributed by atoms with Crippen LogP contribution in [0.1, 0.15) is 24.4 Å². The predicted molar refractivity (Wildman–Crippen MR) is 81.7 cm³/mol. The summed E-state index contributed by atoms with van der Waals surface area (Å²) in [6, 6.07) is 3.71. The molecule has 0 bridgehead atoms. The summed E-state index contributed by atoms with van der Waals surface area (Å²) in [5.41, 5.74) is 0.789. The number of rotatable bonds is 4. The number of hydrogen-bond donors (Lipinski definition) is 1. The first-order chi connectivity index (χ1) is 10.2. The maximum Gasteiger partial charge on any atom is 0.175 e. The minimum Gasteiger partial charge on any atom is -0.486 e. The maximum atomic E-state index is 10.5. The molecule has 0 fully saturated rings. The Balaban J connectivity index is 1.84. The first-order valence-corrected chi connectivity index (χ1v) is 7.75. The summed E-state index contributed by atoms with van der Waals surface area (Å²) in [6.45, 7) is 3.96. The van der Waals surface area contributed by atoms with Crippen LogP contribution in [-0.2, 0) is 13.0 Å². The summed E-state index contributed by atoms with van der Waals surface area (Å²) >= 11 is 3.47. The highest BCUT2D eigenvalue weighted by molar-refractivity contribution is 9.10. The van der Waals surface area contributed by atoms with Gasteiger partial charge in [-0.25, -0.2) is 4.98 Å². The first kappa shape index (κ1) is 14.4. The Morgan fingerprint density at radius 2 is 2.19 bits per heavy atom. The molecular weight excluding hydrogens is 336 g/mol. The number of aliphatic hydroxyl groups excluding tert-OH is 1. The van der Waals surface area contributed by atoms with Crippen LogP contribution in [0.2, 0.25) is 0 Å². The summed E-state index contributed by atoms with van der Waals surface area (Å²) in [5.74, 6) is 2.24. The van der Waals surface area contributed by atoms with Crippen LogP contribution in [0.4, 0.5) is 0 Å². The van der Waals surface area contributed by atoms with Crippen molar-refractivity contribution in [1.82, 2.24) is 9.55 Å². The van der Waals surface area contributed by atoms with Crippen molar-refractivity contribution < 1.29 is 14.6 Å². The Morgan fingerprint density at radius 1 is 1.38 bits per heavy atom. The number of ether oxygens (including phenoxy) is 2. The number of halogens is 1. The van der Waals surface area contributed by atoms with E-state index in [1.165, 1.54) is 0 Å². The van der Waals surface area contributed by atoms with Crippen LogP contribution in [0.3, 0.4) is 0 Å². The number of benzene rings is 1. The van der Waals surface area contributed by atoms with Crippen molar-refractivity contribution in [3.05, 3.63) is 40.4 Å². The van der Waals surface area contributed by atoms with Crippen molar-refractivity contribution >= 4 is 15.9 Å². The molecule has 0 saturated heterocycles. The van der Waals surface area contributed by atoms with E-state index in [1.54, 1.807) is 6.20 Å². The predicted octanol–water partition coefficient (Wildman–Crippen LogP) is 2.71. The van der Waals surface area contributed by atoms with E-state index in [0.717, 1.165) is 22.4 Å². The number of fused-ring (bicyclic) bond motifs is 1. The van der Waals surface area contributed by atoms with E-state index in [9.17, 15) is 5.11 Å². The highest BCUT2D eigenvalue weighted by atomic mass is 79.9. The molecule has 2 aromatic rings. The lowest BCUT2D eigenvalue weighted by Gasteiger charge is -2.21. The molecule has 1 aliphatic rings. The molecule has 1 unspecified atom stereocenters. The van der Waals surface area contributed by atoms with Crippen LogP contribution in [0, 0.1) is 0 Å². The number of aromatic nitrogens is 2. The summed E-state index contributed by atoms with van der Waals surface area (Å²) in [6.07, 6.45) is 3.50. The largest absolute Gasteiger partial charge is 0.486 e. The van der Waals surface area contributed by atoms with E-state index in [0.29, 0.717) is 31.1 Å². The van der Waals surface area contributed by atoms with Crippen LogP contribution in [0.25, 0.3) is 0 Å². The molecule has 0 amide bonds. The fourth-order valence-electron chi connectivity index (χ4n) is 2.43. The van der Waals surface area contributed by atoms with Gasteiger partial charge in [-0.05, 0) is 40.5 Å². The molecule has 1 aromatic carbocycles. The van der Waals surface area contributed by atoms with Crippen LogP contribution >= 0.6 is 15.9 Å². The molecule has 2 heterocycles. The van der Waals surface area contributed by atoms with Crippen molar-refractivity contribution in [3.63, 3.8) is 0 Å². The van der Waals surface area contributed by atoms with Crippen LogP contribution in [0.15, 0.2) is 29.0 Å². The Labute approximate surface area is 131 Å². The lowest BCUT2D eigenvalue weighted by atomic mass is 10.1. The molecule has 1 aromatic heterocycles. The minimum atomic E-state index is -0.634. The second-order valence-corrected chi connectivity index (χ2v) is 5.73. The van der Waals surface area contributed by atoms with Gasteiger partial charge in [0.05, 0.1) is 10.6 Å². The van der Waals surface area contributed by atoms with Gasteiger partial charge in [-0.15, -0.1) is 0 Å². The van der Waals surface area contributed by atoms with Crippen LogP contribution < -0.4 is 9.47 Å². The summed E-state index contributed by atoms with van der Waals surface area (Å²) in [7, 11) is 0. The van der Waals surface area contributed by atoms with E-state index in [-0.39, 0.29) is 0 Å². The molecule has 3 rings (SSSR count). The Kier molecular flexibility index (Phi) is 4.17. The molecule has 0 radical (unpaired) electrons. The molecule has 0 saturated carbocycles. The van der Waals surface area contributed by atoms with Gasteiger partial charge in [0, 0.05) is 25.4 Å². The van der Waals surface area contributed by atoms with Crippen LogP contribution in [-0.4, -0.2) is 27.9 Å². The van der Waals surface area contributed by atoms with Crippen molar-refractivity contribution in [2.45, 2.75) is 26.0 Å². The van der Waals surface area contributed by atoms with Gasteiger partial charge in [0.1, 0.15) is 19.0 Å².